The molecule has 0 radical (unpaired) electrons. The predicted octanol–water partition coefficient (Wildman–Crippen LogP) is 3.59. The van der Waals surface area contributed by atoms with Gasteiger partial charge in [-0.3, -0.25) is 9.80 Å². The number of nitrogens with zero attached hydrogens (tertiary/aromatic N) is 5. The van der Waals surface area contributed by atoms with Gasteiger partial charge in [0.1, 0.15) is 5.82 Å². The largest absolute Gasteiger partial charge is 0.490 e. The van der Waals surface area contributed by atoms with Crippen LogP contribution in [0, 0.1) is 0 Å². The molecule has 1 aromatic heterocycles. The van der Waals surface area contributed by atoms with Crippen LogP contribution in [-0.4, -0.2) is 122 Å². The van der Waals surface area contributed by atoms with Gasteiger partial charge >= 0.3 is 36.4 Å². The van der Waals surface area contributed by atoms with Crippen LogP contribution in [0.3, 0.4) is 0 Å². The van der Waals surface area contributed by atoms with Crippen LogP contribution >= 0.6 is 0 Å². The third-order valence-electron chi connectivity index (χ3n) is 6.29. The molecule has 46 heavy (non-hydrogen) atoms. The molecule has 3 N–H and O–H groups in total. The van der Waals surface area contributed by atoms with Gasteiger partial charge in [-0.25, -0.2) is 19.4 Å². The van der Waals surface area contributed by atoms with Gasteiger partial charge in [0, 0.05) is 58.6 Å². The average molecular weight is 682 g/mol. The van der Waals surface area contributed by atoms with Crippen LogP contribution in [0.5, 0.6) is 0 Å². The second kappa shape index (κ2) is 17.7. The van der Waals surface area contributed by atoms with Gasteiger partial charge in [0.25, 0.3) is 0 Å². The summed E-state index contributed by atoms with van der Waals surface area (Å²) in [5, 5.41) is 21.4. The predicted molar refractivity (Wildman–Crippen MR) is 141 cm³/mol. The van der Waals surface area contributed by atoms with Gasteiger partial charge in [-0.1, -0.05) is 30.3 Å². The SMILES string of the molecule is CN1CCN(Cc2cnc3n2CCN(CCc2ccccc2)C3)CC1.O=C(O)C(F)(F)F.O=C(O)C(F)(F)F.O=C(O)C(F)(F)F. The summed E-state index contributed by atoms with van der Waals surface area (Å²) in [6.45, 7) is 10.0. The molecular formula is C26H32F9N5O6. The molecule has 0 amide bonds. The molecule has 260 valence electrons. The third-order valence-corrected chi connectivity index (χ3v) is 6.29. The highest BCUT2D eigenvalue weighted by Gasteiger charge is 2.39. The summed E-state index contributed by atoms with van der Waals surface area (Å²) in [4.78, 5) is 38.9. The van der Waals surface area contributed by atoms with E-state index in [9.17, 15) is 39.5 Å². The number of alkyl halides is 9. The second-order valence-electron chi connectivity index (χ2n) is 9.82. The van der Waals surface area contributed by atoms with Crippen LogP contribution in [0.4, 0.5) is 39.5 Å². The Morgan fingerprint density at radius 2 is 1.15 bits per heavy atom. The van der Waals surface area contributed by atoms with Gasteiger partial charge in [0.05, 0.1) is 12.2 Å². The fourth-order valence-electron chi connectivity index (χ4n) is 3.86. The Bertz CT molecular complexity index is 1190. The van der Waals surface area contributed by atoms with Gasteiger partial charge in [0.15, 0.2) is 0 Å². The van der Waals surface area contributed by atoms with Crippen molar-refractivity contribution in [1.29, 1.82) is 0 Å². The van der Waals surface area contributed by atoms with Crippen LogP contribution in [0.15, 0.2) is 36.5 Å². The van der Waals surface area contributed by atoms with E-state index in [2.05, 4.69) is 62.8 Å². The normalized spacial score (nSPS) is 16.0. The van der Waals surface area contributed by atoms with Crippen LogP contribution < -0.4 is 0 Å². The number of carbonyl (C=O) groups is 3. The number of halogens is 9. The van der Waals surface area contributed by atoms with E-state index < -0.39 is 36.4 Å². The highest BCUT2D eigenvalue weighted by molar-refractivity contribution is 5.73. The van der Waals surface area contributed by atoms with E-state index >= 15 is 0 Å². The quantitative estimate of drug-likeness (QED) is 0.402. The molecule has 0 atom stereocenters. The maximum absolute atomic E-state index is 10.6. The first kappa shape index (κ1) is 40.1. The number of likely N-dealkylation sites (N-methyl/N-ethyl adjacent to an activating group) is 1. The number of fused-ring (bicyclic) bond motifs is 1. The van der Waals surface area contributed by atoms with E-state index in [1.54, 1.807) is 0 Å². The van der Waals surface area contributed by atoms with Crippen molar-refractivity contribution in [3.63, 3.8) is 0 Å². The monoisotopic (exact) mass is 681 g/mol. The minimum Gasteiger partial charge on any atom is -0.475 e. The molecule has 1 saturated heterocycles. The number of carboxylic acids is 3. The van der Waals surface area contributed by atoms with E-state index in [0.29, 0.717) is 0 Å². The highest BCUT2D eigenvalue weighted by atomic mass is 19.4. The summed E-state index contributed by atoms with van der Waals surface area (Å²) < 4.78 is 97.7. The number of benzene rings is 1. The smallest absolute Gasteiger partial charge is 0.475 e. The van der Waals surface area contributed by atoms with Gasteiger partial charge in [-0.2, -0.15) is 39.5 Å². The van der Waals surface area contributed by atoms with Crippen molar-refractivity contribution in [3.8, 4) is 0 Å². The summed E-state index contributed by atoms with van der Waals surface area (Å²) in [5.74, 6) is -7.03. The highest BCUT2D eigenvalue weighted by Crippen LogP contribution is 2.18. The van der Waals surface area contributed by atoms with Crippen molar-refractivity contribution in [1.82, 2.24) is 24.3 Å². The lowest BCUT2D eigenvalue weighted by Crippen LogP contribution is -2.44. The van der Waals surface area contributed by atoms with Crippen molar-refractivity contribution in [2.45, 2.75) is 44.6 Å². The Morgan fingerprint density at radius 3 is 1.59 bits per heavy atom. The summed E-state index contributed by atoms with van der Waals surface area (Å²) in [6, 6.07) is 10.8. The maximum atomic E-state index is 10.6. The Balaban J connectivity index is 0.000000413. The molecule has 1 aromatic carbocycles. The van der Waals surface area contributed by atoms with Crippen molar-refractivity contribution in [2.24, 2.45) is 0 Å². The number of piperazine rings is 1. The zero-order valence-corrected chi connectivity index (χ0v) is 24.2. The number of rotatable bonds is 5. The van der Waals surface area contributed by atoms with E-state index in [-0.39, 0.29) is 0 Å². The van der Waals surface area contributed by atoms with Gasteiger partial charge < -0.3 is 24.8 Å². The topological polar surface area (TPSA) is 139 Å². The number of imidazole rings is 1. The molecule has 0 bridgehead atoms. The molecule has 0 aliphatic carbocycles. The summed E-state index contributed by atoms with van der Waals surface area (Å²) in [7, 11) is 2.21. The summed E-state index contributed by atoms with van der Waals surface area (Å²) in [6.07, 6.45) is -12.0. The molecule has 0 spiro atoms. The number of aromatic nitrogens is 2. The zero-order chi connectivity index (χ0) is 35.3. The van der Waals surface area contributed by atoms with E-state index in [1.165, 1.54) is 43.3 Å². The first-order chi connectivity index (χ1) is 21.1. The lowest BCUT2D eigenvalue weighted by molar-refractivity contribution is -0.193. The minimum atomic E-state index is -5.08. The van der Waals surface area contributed by atoms with Gasteiger partial charge in [-0.15, -0.1) is 0 Å². The van der Waals surface area contributed by atoms with Crippen LogP contribution in [-0.2, 0) is 40.4 Å². The third kappa shape index (κ3) is 15.4. The number of aliphatic carboxylic acids is 3. The number of hydrogen-bond donors (Lipinski definition) is 3. The lowest BCUT2D eigenvalue weighted by atomic mass is 10.1. The van der Waals surface area contributed by atoms with Crippen LogP contribution in [0.1, 0.15) is 17.1 Å². The zero-order valence-electron chi connectivity index (χ0n) is 24.2. The second-order valence-corrected chi connectivity index (χ2v) is 9.82. The van der Waals surface area contributed by atoms with Crippen molar-refractivity contribution >= 4 is 17.9 Å². The lowest BCUT2D eigenvalue weighted by Gasteiger charge is -2.33. The first-order valence-electron chi connectivity index (χ1n) is 13.2. The van der Waals surface area contributed by atoms with E-state index in [4.69, 9.17) is 34.7 Å². The molecule has 1 fully saturated rings. The molecule has 20 heteroatoms. The molecule has 2 aliphatic heterocycles. The number of carboxylic acid groups (broad SMARTS) is 3. The Hall–Kier alpha value is -3.91. The Kier molecular flexibility index (Phi) is 15.4. The summed E-state index contributed by atoms with van der Waals surface area (Å²) >= 11 is 0. The molecular weight excluding hydrogens is 649 g/mol. The van der Waals surface area contributed by atoms with Crippen LogP contribution in [0.25, 0.3) is 0 Å². The maximum Gasteiger partial charge on any atom is 0.490 e. The van der Waals surface area contributed by atoms with E-state index in [0.717, 1.165) is 39.1 Å². The minimum absolute atomic E-state index is 0.982. The average Bonchev–Trinajstić information content (AvgIpc) is 3.35. The van der Waals surface area contributed by atoms with Crippen LogP contribution in [0.2, 0.25) is 0 Å². The fourth-order valence-corrected chi connectivity index (χ4v) is 3.86. The molecule has 0 saturated carbocycles. The van der Waals surface area contributed by atoms with Crippen molar-refractivity contribution in [3.05, 3.63) is 53.6 Å². The fraction of sp³-hybridized carbons (Fsp3) is 0.538. The first-order valence-corrected chi connectivity index (χ1v) is 13.2. The molecule has 0 unspecified atom stereocenters. The van der Waals surface area contributed by atoms with Crippen molar-refractivity contribution < 1.29 is 69.2 Å². The summed E-state index contributed by atoms with van der Waals surface area (Å²) in [5.41, 5.74) is 2.81. The molecule has 4 rings (SSSR count). The standard InChI is InChI=1S/C20H29N5.3C2HF3O2/c1-22-9-11-24(12-10-22)16-19-15-21-20-17-23(13-14-25(19)20)8-7-18-5-3-2-4-6-18;3*3-2(4,5)1(6)7/h2-6,15H,7-14,16-17H2,1H3;3*(H,6,7). The molecule has 2 aromatic rings. The molecule has 3 heterocycles. The Morgan fingerprint density at radius 1 is 0.717 bits per heavy atom. The number of hydrogen-bond acceptors (Lipinski definition) is 7. The molecule has 11 nitrogen and oxygen atoms in total. The van der Waals surface area contributed by atoms with Crippen molar-refractivity contribution in [2.75, 3.05) is 46.3 Å². The van der Waals surface area contributed by atoms with E-state index in [1.807, 2.05) is 0 Å². The van der Waals surface area contributed by atoms with Gasteiger partial charge in [-0.05, 0) is 19.0 Å². The Labute approximate surface area is 256 Å². The van der Waals surface area contributed by atoms with Gasteiger partial charge in [0.2, 0.25) is 0 Å². The molecule has 2 aliphatic rings.